The Labute approximate surface area is 93.2 Å². The lowest BCUT2D eigenvalue weighted by atomic mass is 10.2. The quantitative estimate of drug-likeness (QED) is 0.799. The minimum absolute atomic E-state index is 0.182. The number of anilines is 1. The van der Waals surface area contributed by atoms with Crippen LogP contribution in [0.2, 0.25) is 0 Å². The van der Waals surface area contributed by atoms with Crippen LogP contribution < -0.4 is 10.2 Å². The summed E-state index contributed by atoms with van der Waals surface area (Å²) in [4.78, 5) is 12.7. The number of nitrogens with zero attached hydrogens (tertiary/aromatic N) is 2. The number of carbonyl (C=O) groups is 1. The number of hydrogen-bond donors (Lipinski definition) is 2. The standard InChI is InChI=1S/C10H15N3O3/c1-3-4-7-5-8(12-16-7)13-9(14)11-6-10(13,2)15/h5,15H,3-4,6H2,1-2H3,(H,11,14). The molecule has 0 saturated carbocycles. The highest BCUT2D eigenvalue weighted by atomic mass is 16.5. The van der Waals surface area contributed by atoms with E-state index in [-0.39, 0.29) is 12.6 Å². The Balaban J connectivity index is 2.25. The molecule has 1 atom stereocenters. The molecule has 2 rings (SSSR count). The molecule has 2 amide bonds. The number of amides is 2. The molecular formula is C10H15N3O3. The molecule has 1 aromatic rings. The Morgan fingerprint density at radius 3 is 3.06 bits per heavy atom. The van der Waals surface area contributed by atoms with Gasteiger partial charge in [-0.1, -0.05) is 12.1 Å². The summed E-state index contributed by atoms with van der Waals surface area (Å²) >= 11 is 0. The van der Waals surface area contributed by atoms with E-state index in [0.29, 0.717) is 11.6 Å². The summed E-state index contributed by atoms with van der Waals surface area (Å²) in [5, 5.41) is 16.3. The van der Waals surface area contributed by atoms with Crippen LogP contribution in [0.25, 0.3) is 0 Å². The lowest BCUT2D eigenvalue weighted by molar-refractivity contribution is 0.0847. The van der Waals surface area contributed by atoms with E-state index in [1.807, 2.05) is 6.92 Å². The van der Waals surface area contributed by atoms with Crippen LogP contribution in [0.3, 0.4) is 0 Å². The Hall–Kier alpha value is -1.56. The number of carbonyl (C=O) groups excluding carboxylic acids is 1. The van der Waals surface area contributed by atoms with E-state index in [2.05, 4.69) is 10.5 Å². The van der Waals surface area contributed by atoms with Crippen LogP contribution in [-0.4, -0.2) is 28.6 Å². The number of aromatic nitrogens is 1. The summed E-state index contributed by atoms with van der Waals surface area (Å²) in [5.74, 6) is 1.07. The number of aliphatic hydroxyl groups is 1. The molecule has 88 valence electrons. The number of rotatable bonds is 3. The maximum Gasteiger partial charge on any atom is 0.325 e. The third kappa shape index (κ3) is 1.76. The average Bonchev–Trinajstić information content (AvgIpc) is 2.73. The van der Waals surface area contributed by atoms with Crippen LogP contribution in [-0.2, 0) is 6.42 Å². The predicted molar refractivity (Wildman–Crippen MR) is 57.0 cm³/mol. The molecule has 6 heteroatoms. The van der Waals surface area contributed by atoms with Crippen molar-refractivity contribution in [3.63, 3.8) is 0 Å². The van der Waals surface area contributed by atoms with Gasteiger partial charge in [-0.05, 0) is 13.3 Å². The summed E-state index contributed by atoms with van der Waals surface area (Å²) in [7, 11) is 0. The Morgan fingerprint density at radius 2 is 2.50 bits per heavy atom. The lowest BCUT2D eigenvalue weighted by Gasteiger charge is -2.25. The normalized spacial score (nSPS) is 24.9. The summed E-state index contributed by atoms with van der Waals surface area (Å²) in [6.45, 7) is 3.77. The van der Waals surface area contributed by atoms with Gasteiger partial charge in [0.2, 0.25) is 0 Å². The molecule has 16 heavy (non-hydrogen) atoms. The second-order valence-electron chi connectivity index (χ2n) is 4.11. The average molecular weight is 225 g/mol. The van der Waals surface area contributed by atoms with Gasteiger partial charge in [0, 0.05) is 12.5 Å². The van der Waals surface area contributed by atoms with Gasteiger partial charge in [0.25, 0.3) is 0 Å². The molecule has 1 aromatic heterocycles. The van der Waals surface area contributed by atoms with E-state index >= 15 is 0 Å². The van der Waals surface area contributed by atoms with Crippen LogP contribution in [0, 0.1) is 0 Å². The summed E-state index contributed by atoms with van der Waals surface area (Å²) in [6, 6.07) is 1.32. The zero-order valence-corrected chi connectivity index (χ0v) is 9.36. The van der Waals surface area contributed by atoms with E-state index in [1.54, 1.807) is 13.0 Å². The molecule has 0 radical (unpaired) electrons. The molecule has 1 saturated heterocycles. The lowest BCUT2D eigenvalue weighted by Crippen LogP contribution is -2.44. The zero-order chi connectivity index (χ0) is 11.8. The van der Waals surface area contributed by atoms with Crippen molar-refractivity contribution in [2.75, 3.05) is 11.4 Å². The summed E-state index contributed by atoms with van der Waals surface area (Å²) in [6.07, 6.45) is 1.71. The fraction of sp³-hybridized carbons (Fsp3) is 0.600. The Morgan fingerprint density at radius 1 is 1.75 bits per heavy atom. The van der Waals surface area contributed by atoms with E-state index in [9.17, 15) is 9.90 Å². The first kappa shape index (κ1) is 10.9. The zero-order valence-electron chi connectivity index (χ0n) is 9.36. The van der Waals surface area contributed by atoms with Crippen molar-refractivity contribution in [3.8, 4) is 0 Å². The molecule has 1 aliphatic rings. The third-order valence-electron chi connectivity index (χ3n) is 2.53. The van der Waals surface area contributed by atoms with Crippen LogP contribution in [0.5, 0.6) is 0 Å². The minimum Gasteiger partial charge on any atom is -0.369 e. The second-order valence-corrected chi connectivity index (χ2v) is 4.11. The maximum absolute atomic E-state index is 11.5. The van der Waals surface area contributed by atoms with E-state index in [0.717, 1.165) is 12.8 Å². The Kier molecular flexibility index (Phi) is 2.59. The molecule has 1 aliphatic heterocycles. The highest BCUT2D eigenvalue weighted by Crippen LogP contribution is 2.25. The van der Waals surface area contributed by atoms with Gasteiger partial charge in [0.15, 0.2) is 11.5 Å². The maximum atomic E-state index is 11.5. The summed E-state index contributed by atoms with van der Waals surface area (Å²) in [5.41, 5.74) is -1.25. The monoisotopic (exact) mass is 225 g/mol. The number of hydrogen-bond acceptors (Lipinski definition) is 4. The number of aryl methyl sites for hydroxylation is 1. The first-order valence-corrected chi connectivity index (χ1v) is 5.30. The van der Waals surface area contributed by atoms with Crippen molar-refractivity contribution in [2.24, 2.45) is 0 Å². The molecule has 0 aliphatic carbocycles. The molecule has 2 N–H and O–H groups in total. The smallest absolute Gasteiger partial charge is 0.325 e. The van der Waals surface area contributed by atoms with Gasteiger partial charge < -0.3 is 14.9 Å². The SMILES string of the molecule is CCCc1cc(N2C(=O)NCC2(C)O)no1. The highest BCUT2D eigenvalue weighted by Gasteiger charge is 2.42. The number of β-amino-alcohol motifs (C(OH)–C–C–N with tert-alkyl or cyclic N) is 1. The van der Waals surface area contributed by atoms with Gasteiger partial charge in [-0.2, -0.15) is 0 Å². The first-order chi connectivity index (χ1) is 7.54. The van der Waals surface area contributed by atoms with Crippen molar-refractivity contribution in [1.29, 1.82) is 0 Å². The summed E-state index contributed by atoms with van der Waals surface area (Å²) < 4.78 is 5.08. The van der Waals surface area contributed by atoms with E-state index in [4.69, 9.17) is 4.52 Å². The molecule has 1 unspecified atom stereocenters. The molecule has 1 fully saturated rings. The Bertz CT molecular complexity index is 400. The minimum atomic E-state index is -1.25. The van der Waals surface area contributed by atoms with Crippen LogP contribution in [0.15, 0.2) is 10.6 Å². The highest BCUT2D eigenvalue weighted by molar-refractivity contribution is 5.94. The third-order valence-corrected chi connectivity index (χ3v) is 2.53. The van der Waals surface area contributed by atoms with Gasteiger partial charge in [-0.15, -0.1) is 0 Å². The van der Waals surface area contributed by atoms with Crippen LogP contribution in [0.1, 0.15) is 26.0 Å². The van der Waals surface area contributed by atoms with Gasteiger partial charge in [-0.3, -0.25) is 0 Å². The number of urea groups is 1. The van der Waals surface area contributed by atoms with Crippen molar-refractivity contribution in [1.82, 2.24) is 10.5 Å². The fourth-order valence-corrected chi connectivity index (χ4v) is 1.74. The topological polar surface area (TPSA) is 78.6 Å². The second kappa shape index (κ2) is 3.79. The molecule has 6 nitrogen and oxygen atoms in total. The van der Waals surface area contributed by atoms with Gasteiger partial charge in [0.1, 0.15) is 5.76 Å². The largest absolute Gasteiger partial charge is 0.369 e. The van der Waals surface area contributed by atoms with Gasteiger partial charge in [0.05, 0.1) is 6.54 Å². The first-order valence-electron chi connectivity index (χ1n) is 5.30. The van der Waals surface area contributed by atoms with Crippen molar-refractivity contribution in [2.45, 2.75) is 32.4 Å². The molecule has 2 heterocycles. The van der Waals surface area contributed by atoms with Gasteiger partial charge >= 0.3 is 6.03 Å². The van der Waals surface area contributed by atoms with Crippen LogP contribution in [0.4, 0.5) is 10.6 Å². The van der Waals surface area contributed by atoms with E-state index in [1.165, 1.54) is 4.90 Å². The van der Waals surface area contributed by atoms with Gasteiger partial charge in [-0.25, -0.2) is 9.69 Å². The predicted octanol–water partition coefficient (Wildman–Crippen LogP) is 0.865. The van der Waals surface area contributed by atoms with E-state index < -0.39 is 5.72 Å². The fourth-order valence-electron chi connectivity index (χ4n) is 1.74. The molecule has 0 aromatic carbocycles. The number of nitrogens with one attached hydrogen (secondary N) is 1. The van der Waals surface area contributed by atoms with Crippen molar-refractivity contribution in [3.05, 3.63) is 11.8 Å². The molecule has 0 spiro atoms. The van der Waals surface area contributed by atoms with Crippen LogP contribution >= 0.6 is 0 Å². The molecule has 0 bridgehead atoms. The van der Waals surface area contributed by atoms with Crippen molar-refractivity contribution >= 4 is 11.8 Å². The molecular weight excluding hydrogens is 210 g/mol. The van der Waals surface area contributed by atoms with Crippen molar-refractivity contribution < 1.29 is 14.4 Å².